The zero-order valence-electron chi connectivity index (χ0n) is 20.1. The third kappa shape index (κ3) is 8.17. The van der Waals surface area contributed by atoms with Gasteiger partial charge in [0.1, 0.15) is 12.0 Å². The Morgan fingerprint density at radius 3 is 2.89 bits per heavy atom. The lowest BCUT2D eigenvalue weighted by Crippen LogP contribution is -2.20. The minimum absolute atomic E-state index is 0.0420. The topological polar surface area (TPSA) is 151 Å². The van der Waals surface area contributed by atoms with Gasteiger partial charge >= 0.3 is 13.6 Å². The van der Waals surface area contributed by atoms with Crippen LogP contribution in [0.25, 0.3) is 0 Å². The minimum Gasteiger partial charge on any atom is -0.438 e. The number of nitrogens with one attached hydrogen (secondary N) is 1. The number of halogens is 1. The second-order valence-electron chi connectivity index (χ2n) is 9.13. The van der Waals surface area contributed by atoms with Crippen molar-refractivity contribution in [3.8, 4) is 0 Å². The molecule has 1 aromatic rings. The smallest absolute Gasteiger partial charge is 0.356 e. The van der Waals surface area contributed by atoms with Crippen LogP contribution in [0.1, 0.15) is 44.7 Å². The van der Waals surface area contributed by atoms with Crippen molar-refractivity contribution in [2.24, 2.45) is 10.9 Å². The summed E-state index contributed by atoms with van der Waals surface area (Å²) in [6.45, 7) is 2.12. The molecule has 12 nitrogen and oxygen atoms in total. The molecule has 1 aromatic heterocycles. The molecule has 4 rings (SSSR count). The molecule has 4 heterocycles. The van der Waals surface area contributed by atoms with Gasteiger partial charge in [0.15, 0.2) is 5.82 Å². The summed E-state index contributed by atoms with van der Waals surface area (Å²) in [7, 11) is -4.01. The number of hydrogen-bond acceptors (Lipinski definition) is 11. The van der Waals surface area contributed by atoms with E-state index in [2.05, 4.69) is 24.5 Å². The van der Waals surface area contributed by atoms with E-state index in [-0.39, 0.29) is 36.1 Å². The summed E-state index contributed by atoms with van der Waals surface area (Å²) in [5.74, 6) is 0.249. The first-order valence-corrected chi connectivity index (χ1v) is 14.2. The van der Waals surface area contributed by atoms with Crippen LogP contribution in [0.4, 0.5) is 11.5 Å². The van der Waals surface area contributed by atoms with Crippen LogP contribution in [0.3, 0.4) is 0 Å². The van der Waals surface area contributed by atoms with E-state index in [1.54, 1.807) is 0 Å². The maximum absolute atomic E-state index is 11.9. The van der Waals surface area contributed by atoms with E-state index in [0.29, 0.717) is 12.4 Å². The van der Waals surface area contributed by atoms with Gasteiger partial charge < -0.3 is 29.2 Å². The van der Waals surface area contributed by atoms with Crippen LogP contribution >= 0.6 is 19.2 Å². The number of aryl methyl sites for hydroxylation is 1. The lowest BCUT2D eigenvalue weighted by atomic mass is 9.96. The predicted molar refractivity (Wildman–Crippen MR) is 131 cm³/mol. The molecule has 5 atom stereocenters. The third-order valence-corrected chi connectivity index (χ3v) is 7.39. The van der Waals surface area contributed by atoms with Crippen LogP contribution in [-0.2, 0) is 39.3 Å². The molecule has 0 radical (unpaired) electrons. The van der Waals surface area contributed by atoms with Gasteiger partial charge in [-0.3, -0.25) is 18.9 Å². The van der Waals surface area contributed by atoms with Gasteiger partial charge in [-0.25, -0.2) is 4.98 Å². The summed E-state index contributed by atoms with van der Waals surface area (Å²) in [5.41, 5.74) is 1.56. The number of nitrogens with zero attached hydrogens (tertiary/aromatic N) is 3. The summed E-state index contributed by atoms with van der Waals surface area (Å²) in [6, 6.07) is 0.181. The number of anilines is 1. The second-order valence-corrected chi connectivity index (χ2v) is 11.3. The fourth-order valence-electron chi connectivity index (χ4n) is 4.42. The zero-order chi connectivity index (χ0) is 25.5. The van der Waals surface area contributed by atoms with E-state index >= 15 is 0 Å². The monoisotopic (exact) mass is 546 g/mol. The van der Waals surface area contributed by atoms with Crippen molar-refractivity contribution < 1.29 is 37.7 Å². The van der Waals surface area contributed by atoms with Gasteiger partial charge in [0.25, 0.3) is 0 Å². The summed E-state index contributed by atoms with van der Waals surface area (Å²) in [4.78, 5) is 33.9. The highest BCUT2D eigenvalue weighted by Crippen LogP contribution is 2.42. The lowest BCUT2D eigenvalue weighted by molar-refractivity contribution is -0.147. The molecule has 200 valence electrons. The van der Waals surface area contributed by atoms with E-state index in [0.717, 1.165) is 56.5 Å². The fourth-order valence-corrected chi connectivity index (χ4v) is 5.24. The molecule has 3 aliphatic heterocycles. The van der Waals surface area contributed by atoms with Crippen LogP contribution < -0.4 is 5.32 Å². The Morgan fingerprint density at radius 1 is 1.28 bits per heavy atom. The van der Waals surface area contributed by atoms with Gasteiger partial charge in [-0.15, -0.1) is 0 Å². The highest BCUT2D eigenvalue weighted by atomic mass is 35.5. The summed E-state index contributed by atoms with van der Waals surface area (Å²) in [6.07, 6.45) is 6.29. The van der Waals surface area contributed by atoms with E-state index in [1.165, 1.54) is 6.92 Å². The van der Waals surface area contributed by atoms with E-state index in [1.807, 2.05) is 6.21 Å². The predicted octanol–water partition coefficient (Wildman–Crippen LogP) is 3.23. The fraction of sp³-hybridized carbons (Fsp3) is 0.727. The Balaban J connectivity index is 1.23. The summed E-state index contributed by atoms with van der Waals surface area (Å²) >= 11 is 6.18. The molecule has 0 aromatic carbocycles. The molecule has 3 aliphatic rings. The van der Waals surface area contributed by atoms with E-state index in [4.69, 9.17) is 30.8 Å². The maximum atomic E-state index is 11.9. The number of carbonyl (C=O) groups excluding carboxylic acids is 1. The first-order chi connectivity index (χ1) is 17.3. The van der Waals surface area contributed by atoms with Crippen molar-refractivity contribution in [1.29, 1.82) is 0 Å². The first-order valence-electron chi connectivity index (χ1n) is 12.0. The van der Waals surface area contributed by atoms with Gasteiger partial charge in [0.05, 0.1) is 37.2 Å². The Kier molecular flexibility index (Phi) is 9.68. The number of carbonyl (C=O) groups is 1. The summed E-state index contributed by atoms with van der Waals surface area (Å²) in [5, 5.41) is 3.60. The molecule has 0 saturated carbocycles. The molecule has 3 unspecified atom stereocenters. The largest absolute Gasteiger partial charge is 0.438 e. The SMILES string of the molecule is CC(=O)OCOP(=O)(O)COCC1CCC(C[C@@H]2C=Nc3c(nc(Cl)nc3N[C@H]3CCOC3)CC2)O1. The average molecular weight is 547 g/mol. The van der Waals surface area contributed by atoms with Gasteiger partial charge in [-0.1, -0.05) is 0 Å². The second kappa shape index (κ2) is 12.7. The van der Waals surface area contributed by atoms with Crippen molar-refractivity contribution in [1.82, 2.24) is 9.97 Å². The Labute approximate surface area is 214 Å². The Morgan fingerprint density at radius 2 is 2.11 bits per heavy atom. The zero-order valence-corrected chi connectivity index (χ0v) is 21.8. The molecule has 0 aliphatic carbocycles. The standard InChI is InChI=1S/C22H32ClN4O8P/c1-14(28)33-12-34-36(29,30)13-32-11-18-4-3-17(35-18)8-15-2-5-19-20(24-9-15)21(27-22(23)26-19)25-16-6-7-31-10-16/h9,15-18H,2-8,10-13H2,1H3,(H,29,30)(H,25,26,27)/t15-,16+,17?,18?/m1/s1. The molecular formula is C22H32ClN4O8P. The molecule has 0 bridgehead atoms. The number of esters is 1. The molecule has 14 heteroatoms. The van der Waals surface area contributed by atoms with Gasteiger partial charge in [0, 0.05) is 19.7 Å². The molecule has 2 N–H and O–H groups in total. The quantitative estimate of drug-likeness (QED) is 0.182. The van der Waals surface area contributed by atoms with Crippen molar-refractivity contribution in [3.63, 3.8) is 0 Å². The highest BCUT2D eigenvalue weighted by Gasteiger charge is 2.30. The minimum atomic E-state index is -4.01. The van der Waals surface area contributed by atoms with Crippen molar-refractivity contribution in [2.45, 2.75) is 63.7 Å². The molecule has 36 heavy (non-hydrogen) atoms. The number of aromatic nitrogens is 2. The van der Waals surface area contributed by atoms with Gasteiger partial charge in [0.2, 0.25) is 12.1 Å². The first kappa shape index (κ1) is 27.4. The van der Waals surface area contributed by atoms with Crippen molar-refractivity contribution >= 4 is 42.9 Å². The molecular weight excluding hydrogens is 515 g/mol. The van der Waals surface area contributed by atoms with Crippen LogP contribution in [-0.4, -0.2) is 78.3 Å². The molecule has 2 saturated heterocycles. The van der Waals surface area contributed by atoms with Crippen molar-refractivity contribution in [3.05, 3.63) is 11.0 Å². The summed E-state index contributed by atoms with van der Waals surface area (Å²) < 4.78 is 38.0. The van der Waals surface area contributed by atoms with Crippen molar-refractivity contribution in [2.75, 3.05) is 38.3 Å². The van der Waals surface area contributed by atoms with Crippen LogP contribution in [0.15, 0.2) is 4.99 Å². The molecule has 2 fully saturated rings. The normalized spacial score (nSPS) is 27.3. The number of rotatable bonds is 11. The third-order valence-electron chi connectivity index (χ3n) is 6.20. The van der Waals surface area contributed by atoms with Gasteiger partial charge in [-0.05, 0) is 56.0 Å². The number of ether oxygens (including phenoxy) is 4. The van der Waals surface area contributed by atoms with Crippen LogP contribution in [0, 0.1) is 5.92 Å². The number of fused-ring (bicyclic) bond motifs is 1. The number of hydrogen-bond donors (Lipinski definition) is 2. The Hall–Kier alpha value is -1.66. The Bertz CT molecular complexity index is 993. The van der Waals surface area contributed by atoms with E-state index in [9.17, 15) is 14.3 Å². The highest BCUT2D eigenvalue weighted by molar-refractivity contribution is 7.52. The average Bonchev–Trinajstić information content (AvgIpc) is 3.43. The van der Waals surface area contributed by atoms with Crippen LogP contribution in [0.5, 0.6) is 0 Å². The van der Waals surface area contributed by atoms with E-state index < -0.39 is 26.7 Å². The molecule has 0 spiro atoms. The molecule has 0 amide bonds. The lowest BCUT2D eigenvalue weighted by Gasteiger charge is -2.18. The number of aliphatic imine (C=N–C) groups is 1. The maximum Gasteiger partial charge on any atom is 0.356 e. The van der Waals surface area contributed by atoms with Gasteiger partial charge in [-0.2, -0.15) is 4.98 Å². The van der Waals surface area contributed by atoms with Crippen LogP contribution in [0.2, 0.25) is 5.28 Å².